The summed E-state index contributed by atoms with van der Waals surface area (Å²) in [6.07, 6.45) is 4.59. The topological polar surface area (TPSA) is 29.3 Å². The number of hydrogen-bond acceptors (Lipinski definition) is 2. The zero-order valence-electron chi connectivity index (χ0n) is 9.91. The fourth-order valence-corrected chi connectivity index (χ4v) is 2.96. The molecular weight excluding hydrogens is 278 g/mol. The molecule has 0 aliphatic carbocycles. The molecule has 1 saturated heterocycles. The Kier molecular flexibility index (Phi) is 2.92. The van der Waals surface area contributed by atoms with Crippen LogP contribution in [0.15, 0.2) is 22.8 Å². The van der Waals surface area contributed by atoms with E-state index in [-0.39, 0.29) is 0 Å². The molecule has 1 atom stereocenters. The van der Waals surface area contributed by atoms with Crippen LogP contribution in [0.1, 0.15) is 30.1 Å². The Labute approximate surface area is 109 Å². The summed E-state index contributed by atoms with van der Waals surface area (Å²) in [5.41, 5.74) is 3.58. The Balaban J connectivity index is 2.07. The normalized spacial score (nSPS) is 20.9. The molecule has 0 bridgehead atoms. The number of rotatable bonds is 1. The van der Waals surface area contributed by atoms with Crippen LogP contribution in [0.3, 0.4) is 0 Å². The first-order valence-electron chi connectivity index (χ1n) is 6.10. The number of hydrogen-bond donors (Lipinski definition) is 1. The Bertz CT molecular complexity index is 541. The van der Waals surface area contributed by atoms with Crippen LogP contribution in [0.4, 0.5) is 0 Å². The molecule has 2 aromatic heterocycles. The van der Waals surface area contributed by atoms with Gasteiger partial charge in [-0.2, -0.15) is 0 Å². The number of fused-ring (bicyclic) bond motifs is 1. The van der Waals surface area contributed by atoms with E-state index in [4.69, 9.17) is 4.98 Å². The molecule has 1 aliphatic rings. The van der Waals surface area contributed by atoms with E-state index in [9.17, 15) is 0 Å². The Morgan fingerprint density at radius 3 is 3.18 bits per heavy atom. The minimum Gasteiger partial charge on any atom is -0.316 e. The summed E-state index contributed by atoms with van der Waals surface area (Å²) < 4.78 is 3.26. The molecule has 3 heterocycles. The van der Waals surface area contributed by atoms with Crippen molar-refractivity contribution in [2.45, 2.75) is 25.7 Å². The molecule has 0 aromatic carbocycles. The summed E-state index contributed by atoms with van der Waals surface area (Å²) in [7, 11) is 0. The average Bonchev–Trinajstić information content (AvgIpc) is 2.67. The van der Waals surface area contributed by atoms with Gasteiger partial charge in [-0.05, 0) is 38.4 Å². The van der Waals surface area contributed by atoms with Gasteiger partial charge in [-0.1, -0.05) is 15.9 Å². The number of nitrogens with zero attached hydrogens (tertiary/aromatic N) is 2. The van der Waals surface area contributed by atoms with Crippen LogP contribution in [0.5, 0.6) is 0 Å². The van der Waals surface area contributed by atoms with Crippen LogP contribution in [0.25, 0.3) is 5.65 Å². The summed E-state index contributed by atoms with van der Waals surface area (Å²) in [4.78, 5) is 4.79. The Hall–Kier alpha value is -0.870. The molecular formula is C13H16BrN3. The van der Waals surface area contributed by atoms with Gasteiger partial charge in [0.05, 0.1) is 5.69 Å². The summed E-state index contributed by atoms with van der Waals surface area (Å²) >= 11 is 3.50. The van der Waals surface area contributed by atoms with Gasteiger partial charge in [0.25, 0.3) is 0 Å². The quantitative estimate of drug-likeness (QED) is 0.876. The maximum atomic E-state index is 4.79. The third-order valence-electron chi connectivity index (χ3n) is 3.55. The van der Waals surface area contributed by atoms with Crippen molar-refractivity contribution in [3.63, 3.8) is 0 Å². The molecule has 1 N–H and O–H groups in total. The van der Waals surface area contributed by atoms with Gasteiger partial charge in [0.1, 0.15) is 5.65 Å². The largest absolute Gasteiger partial charge is 0.316 e. The lowest BCUT2D eigenvalue weighted by Gasteiger charge is -2.21. The summed E-state index contributed by atoms with van der Waals surface area (Å²) in [6, 6.07) is 4.14. The molecule has 1 fully saturated rings. The van der Waals surface area contributed by atoms with Crippen molar-refractivity contribution >= 4 is 21.6 Å². The second-order valence-electron chi connectivity index (χ2n) is 4.70. The number of aromatic nitrogens is 2. The van der Waals surface area contributed by atoms with Gasteiger partial charge in [0.15, 0.2) is 0 Å². The number of piperidine rings is 1. The number of aryl methyl sites for hydroxylation is 1. The van der Waals surface area contributed by atoms with Crippen LogP contribution in [-0.2, 0) is 0 Å². The number of pyridine rings is 1. The minimum atomic E-state index is 0.572. The third kappa shape index (κ3) is 2.00. The highest BCUT2D eigenvalue weighted by molar-refractivity contribution is 9.10. The van der Waals surface area contributed by atoms with Crippen molar-refractivity contribution in [2.75, 3.05) is 13.1 Å². The number of imidazole rings is 1. The van der Waals surface area contributed by atoms with Crippen LogP contribution in [-0.4, -0.2) is 22.5 Å². The molecule has 0 saturated carbocycles. The molecule has 4 heteroatoms. The summed E-state index contributed by atoms with van der Waals surface area (Å²) in [6.45, 7) is 4.37. The lowest BCUT2D eigenvalue weighted by atomic mass is 9.95. The molecule has 0 amide bonds. The standard InChI is InChI=1S/C13H16BrN3/c1-9-13(10-3-2-5-15-8-10)16-12-7-11(14)4-6-17(9)12/h4,6-7,10,15H,2-3,5,8H2,1H3. The van der Waals surface area contributed by atoms with Crippen molar-refractivity contribution in [1.29, 1.82) is 0 Å². The highest BCUT2D eigenvalue weighted by Gasteiger charge is 2.20. The Morgan fingerprint density at radius 1 is 1.53 bits per heavy atom. The van der Waals surface area contributed by atoms with E-state index in [2.05, 4.69) is 50.9 Å². The van der Waals surface area contributed by atoms with E-state index in [0.29, 0.717) is 5.92 Å². The van der Waals surface area contributed by atoms with Gasteiger partial charge in [0.2, 0.25) is 0 Å². The van der Waals surface area contributed by atoms with Gasteiger partial charge in [-0.15, -0.1) is 0 Å². The lowest BCUT2D eigenvalue weighted by Crippen LogP contribution is -2.28. The minimum absolute atomic E-state index is 0.572. The molecule has 1 aliphatic heterocycles. The Morgan fingerprint density at radius 2 is 2.41 bits per heavy atom. The molecule has 90 valence electrons. The maximum absolute atomic E-state index is 4.79. The monoisotopic (exact) mass is 293 g/mol. The molecule has 0 radical (unpaired) electrons. The van der Waals surface area contributed by atoms with Crippen molar-refractivity contribution in [3.8, 4) is 0 Å². The SMILES string of the molecule is Cc1c(C2CCCNC2)nc2cc(Br)ccn12. The highest BCUT2D eigenvalue weighted by atomic mass is 79.9. The van der Waals surface area contributed by atoms with Crippen molar-refractivity contribution in [1.82, 2.24) is 14.7 Å². The number of nitrogens with one attached hydrogen (secondary N) is 1. The van der Waals surface area contributed by atoms with Gasteiger partial charge >= 0.3 is 0 Å². The summed E-state index contributed by atoms with van der Waals surface area (Å²) in [5, 5.41) is 3.46. The first kappa shape index (κ1) is 11.2. The zero-order chi connectivity index (χ0) is 11.8. The van der Waals surface area contributed by atoms with Crippen molar-refractivity contribution in [3.05, 3.63) is 34.2 Å². The van der Waals surface area contributed by atoms with E-state index in [0.717, 1.165) is 23.2 Å². The predicted octanol–water partition coefficient (Wildman–Crippen LogP) is 2.87. The van der Waals surface area contributed by atoms with E-state index in [1.54, 1.807) is 0 Å². The molecule has 3 rings (SSSR count). The summed E-state index contributed by atoms with van der Waals surface area (Å²) in [5.74, 6) is 0.572. The first-order chi connectivity index (χ1) is 8.25. The van der Waals surface area contributed by atoms with Crippen LogP contribution >= 0.6 is 15.9 Å². The average molecular weight is 294 g/mol. The molecule has 2 aromatic rings. The second kappa shape index (κ2) is 4.42. The van der Waals surface area contributed by atoms with Crippen LogP contribution in [0.2, 0.25) is 0 Å². The third-order valence-corrected chi connectivity index (χ3v) is 4.04. The van der Waals surface area contributed by atoms with Gasteiger partial charge in [-0.3, -0.25) is 0 Å². The fourth-order valence-electron chi connectivity index (χ4n) is 2.63. The molecule has 3 nitrogen and oxygen atoms in total. The highest BCUT2D eigenvalue weighted by Crippen LogP contribution is 2.26. The molecule has 0 spiro atoms. The van der Waals surface area contributed by atoms with Gasteiger partial charge in [-0.25, -0.2) is 4.98 Å². The van der Waals surface area contributed by atoms with Gasteiger partial charge in [0, 0.05) is 28.8 Å². The van der Waals surface area contributed by atoms with Gasteiger partial charge < -0.3 is 9.72 Å². The maximum Gasteiger partial charge on any atom is 0.138 e. The van der Waals surface area contributed by atoms with E-state index < -0.39 is 0 Å². The molecule has 17 heavy (non-hydrogen) atoms. The second-order valence-corrected chi connectivity index (χ2v) is 5.61. The van der Waals surface area contributed by atoms with E-state index in [1.807, 2.05) is 0 Å². The lowest BCUT2D eigenvalue weighted by molar-refractivity contribution is 0.454. The van der Waals surface area contributed by atoms with E-state index >= 15 is 0 Å². The number of halogens is 1. The van der Waals surface area contributed by atoms with Crippen LogP contribution in [0, 0.1) is 6.92 Å². The van der Waals surface area contributed by atoms with Crippen LogP contribution < -0.4 is 5.32 Å². The smallest absolute Gasteiger partial charge is 0.138 e. The predicted molar refractivity (Wildman–Crippen MR) is 72.5 cm³/mol. The van der Waals surface area contributed by atoms with Crippen molar-refractivity contribution in [2.24, 2.45) is 0 Å². The molecule has 1 unspecified atom stereocenters. The zero-order valence-corrected chi connectivity index (χ0v) is 11.5. The van der Waals surface area contributed by atoms with Crippen molar-refractivity contribution < 1.29 is 0 Å². The first-order valence-corrected chi connectivity index (χ1v) is 6.90. The van der Waals surface area contributed by atoms with E-state index in [1.165, 1.54) is 24.2 Å². The fraction of sp³-hybridized carbons (Fsp3) is 0.462.